The highest BCUT2D eigenvalue weighted by atomic mass is 32.2. The average Bonchev–Trinajstić information content (AvgIpc) is 2.79. The molecule has 8 heteroatoms. The summed E-state index contributed by atoms with van der Waals surface area (Å²) in [6.07, 6.45) is 1.67. The molecule has 3 N–H and O–H groups in total. The highest BCUT2D eigenvalue weighted by molar-refractivity contribution is 7.91. The molecule has 0 saturated carbocycles. The molecule has 100 valence electrons. The summed E-state index contributed by atoms with van der Waals surface area (Å²) < 4.78 is 32.3. The number of hydrogen-bond acceptors (Lipinski definition) is 5. The van der Waals surface area contributed by atoms with Crippen molar-refractivity contribution in [3.8, 4) is 0 Å². The van der Waals surface area contributed by atoms with E-state index in [1.54, 1.807) is 6.07 Å². The summed E-state index contributed by atoms with van der Waals surface area (Å²) in [7, 11) is -3.50. The van der Waals surface area contributed by atoms with Crippen LogP contribution in [0, 0.1) is 0 Å². The Morgan fingerprint density at radius 3 is 2.89 bits per heavy atom. The molecule has 0 spiro atoms. The minimum absolute atomic E-state index is 0.154. The topological polar surface area (TPSA) is 81.4 Å². The van der Waals surface area contributed by atoms with Crippen LogP contribution in [0.2, 0.25) is 0 Å². The minimum Gasteiger partial charge on any atom is -0.389 e. The number of nitrogens with one attached hydrogen (secondary N) is 1. The predicted molar refractivity (Wildman–Crippen MR) is 74.4 cm³/mol. The lowest BCUT2D eigenvalue weighted by molar-refractivity contribution is 0.0774. The van der Waals surface area contributed by atoms with Crippen molar-refractivity contribution in [1.82, 2.24) is 4.72 Å². The zero-order valence-electron chi connectivity index (χ0n) is 9.59. The van der Waals surface area contributed by atoms with Gasteiger partial charge in [-0.2, -0.15) is 0 Å². The van der Waals surface area contributed by atoms with Gasteiger partial charge in [0.25, 0.3) is 0 Å². The smallest absolute Gasteiger partial charge is 0.250 e. The lowest BCUT2D eigenvalue weighted by Gasteiger charge is -2.22. The molecule has 0 aliphatic carbocycles. The van der Waals surface area contributed by atoms with Crippen molar-refractivity contribution in [2.75, 3.05) is 13.2 Å². The van der Waals surface area contributed by atoms with Crippen molar-refractivity contribution in [1.29, 1.82) is 0 Å². The minimum atomic E-state index is -3.50. The Hall–Kier alpha value is -0.540. The van der Waals surface area contributed by atoms with Gasteiger partial charge in [0.05, 0.1) is 11.5 Å². The summed E-state index contributed by atoms with van der Waals surface area (Å²) in [5.74, 6) is 0. The Bertz CT molecular complexity index is 532. The largest absolute Gasteiger partial charge is 0.389 e. The van der Waals surface area contributed by atoms with Gasteiger partial charge in [0.2, 0.25) is 10.0 Å². The van der Waals surface area contributed by atoms with E-state index in [1.807, 2.05) is 0 Å². The van der Waals surface area contributed by atoms with Crippen molar-refractivity contribution in [3.63, 3.8) is 0 Å². The van der Waals surface area contributed by atoms with Gasteiger partial charge in [-0.3, -0.25) is 0 Å². The summed E-state index contributed by atoms with van der Waals surface area (Å²) in [4.78, 5) is 0.813. The van der Waals surface area contributed by atoms with Gasteiger partial charge in [0.1, 0.15) is 9.20 Å². The molecule has 2 rings (SSSR count). The van der Waals surface area contributed by atoms with Gasteiger partial charge in [-0.05, 0) is 25.0 Å². The second-order valence-corrected chi connectivity index (χ2v) is 7.48. The van der Waals surface area contributed by atoms with E-state index in [0.717, 1.165) is 24.2 Å². The van der Waals surface area contributed by atoms with Crippen LogP contribution in [0.3, 0.4) is 0 Å². The first-order valence-electron chi connectivity index (χ1n) is 5.49. The van der Waals surface area contributed by atoms with Gasteiger partial charge in [-0.15, -0.1) is 11.3 Å². The van der Waals surface area contributed by atoms with Gasteiger partial charge in [0, 0.05) is 12.6 Å². The summed E-state index contributed by atoms with van der Waals surface area (Å²) in [5, 5.41) is 0. The number of ether oxygens (including phenoxy) is 1. The van der Waals surface area contributed by atoms with E-state index in [-0.39, 0.29) is 15.2 Å². The number of nitrogens with two attached hydrogens (primary N) is 1. The maximum absolute atomic E-state index is 12.1. The molecule has 1 aromatic heterocycles. The van der Waals surface area contributed by atoms with E-state index in [9.17, 15) is 8.42 Å². The molecule has 18 heavy (non-hydrogen) atoms. The zero-order valence-corrected chi connectivity index (χ0v) is 12.0. The Kier molecular flexibility index (Phi) is 4.33. The van der Waals surface area contributed by atoms with E-state index in [2.05, 4.69) is 4.72 Å². The summed E-state index contributed by atoms with van der Waals surface area (Å²) in [6.45, 7) is 1.12. The average molecular weight is 306 g/mol. The number of thiocarbonyl (C=S) groups is 1. The van der Waals surface area contributed by atoms with Gasteiger partial charge in [-0.1, -0.05) is 12.2 Å². The second-order valence-electron chi connectivity index (χ2n) is 4.02. The molecule has 1 aliphatic heterocycles. The van der Waals surface area contributed by atoms with E-state index in [1.165, 1.54) is 6.07 Å². The molecule has 0 amide bonds. The molecule has 1 aliphatic rings. The fraction of sp³-hybridized carbons (Fsp3) is 0.500. The number of sulfonamides is 1. The van der Waals surface area contributed by atoms with Crippen LogP contribution in [-0.4, -0.2) is 32.7 Å². The number of thiophene rings is 1. The van der Waals surface area contributed by atoms with Gasteiger partial charge in [0.15, 0.2) is 0 Å². The first kappa shape index (κ1) is 13.9. The van der Waals surface area contributed by atoms with E-state index < -0.39 is 10.0 Å². The van der Waals surface area contributed by atoms with E-state index in [4.69, 9.17) is 22.7 Å². The summed E-state index contributed by atoms with van der Waals surface area (Å²) >= 11 is 5.89. The molecular formula is C10H14N2O3S3. The van der Waals surface area contributed by atoms with Crippen molar-refractivity contribution < 1.29 is 13.2 Å². The van der Waals surface area contributed by atoms with Crippen LogP contribution in [0.5, 0.6) is 0 Å². The van der Waals surface area contributed by atoms with Crippen LogP contribution in [0.15, 0.2) is 16.3 Å². The third-order valence-electron chi connectivity index (χ3n) is 2.57. The first-order chi connectivity index (χ1) is 8.49. The molecule has 1 fully saturated rings. The molecule has 0 radical (unpaired) electrons. The molecule has 1 aromatic rings. The molecule has 1 unspecified atom stereocenters. The highest BCUT2D eigenvalue weighted by Gasteiger charge is 2.23. The lowest BCUT2D eigenvalue weighted by atomic mass is 10.1. The van der Waals surface area contributed by atoms with Crippen LogP contribution in [-0.2, 0) is 14.8 Å². The van der Waals surface area contributed by atoms with Crippen LogP contribution in [0.25, 0.3) is 0 Å². The van der Waals surface area contributed by atoms with E-state index in [0.29, 0.717) is 18.1 Å². The van der Waals surface area contributed by atoms with E-state index >= 15 is 0 Å². The fourth-order valence-electron chi connectivity index (χ4n) is 1.71. The molecular weight excluding hydrogens is 292 g/mol. The maximum atomic E-state index is 12.1. The summed E-state index contributed by atoms with van der Waals surface area (Å²) in [6, 6.07) is 2.99. The third kappa shape index (κ3) is 3.27. The van der Waals surface area contributed by atoms with Crippen molar-refractivity contribution >= 4 is 38.6 Å². The van der Waals surface area contributed by atoms with Gasteiger partial charge in [-0.25, -0.2) is 13.1 Å². The molecule has 1 saturated heterocycles. The lowest BCUT2D eigenvalue weighted by Crippen LogP contribution is -2.40. The molecule has 1 atom stereocenters. The second kappa shape index (κ2) is 5.62. The molecule has 5 nitrogen and oxygen atoms in total. The molecule has 0 bridgehead atoms. The monoisotopic (exact) mass is 306 g/mol. The maximum Gasteiger partial charge on any atom is 0.250 e. The standard InChI is InChI=1S/C10H14N2O3S3/c11-10(16)8-3-4-9(17-8)18(13,14)12-7-2-1-5-15-6-7/h3-4,7,12H,1-2,5-6H2,(H2,11,16). The zero-order chi connectivity index (χ0) is 13.2. The molecule has 0 aromatic carbocycles. The Morgan fingerprint density at radius 1 is 1.56 bits per heavy atom. The first-order valence-corrected chi connectivity index (χ1v) is 8.19. The van der Waals surface area contributed by atoms with Crippen LogP contribution in [0.4, 0.5) is 0 Å². The van der Waals surface area contributed by atoms with Crippen molar-refractivity contribution in [3.05, 3.63) is 17.0 Å². The summed E-state index contributed by atoms with van der Waals surface area (Å²) in [5.41, 5.74) is 5.46. The number of hydrogen-bond donors (Lipinski definition) is 2. The predicted octanol–water partition coefficient (Wildman–Crippen LogP) is 0.840. The van der Waals surface area contributed by atoms with Crippen molar-refractivity contribution in [2.45, 2.75) is 23.1 Å². The Labute approximate surface area is 115 Å². The van der Waals surface area contributed by atoms with Crippen LogP contribution >= 0.6 is 23.6 Å². The van der Waals surface area contributed by atoms with Crippen LogP contribution in [0.1, 0.15) is 17.7 Å². The van der Waals surface area contributed by atoms with Gasteiger partial charge >= 0.3 is 0 Å². The van der Waals surface area contributed by atoms with Gasteiger partial charge < -0.3 is 10.5 Å². The third-order valence-corrected chi connectivity index (χ3v) is 6.05. The Morgan fingerprint density at radius 2 is 2.33 bits per heavy atom. The number of rotatable bonds is 4. The Balaban J connectivity index is 2.11. The quantitative estimate of drug-likeness (QED) is 0.806. The fourth-order valence-corrected chi connectivity index (χ4v) is 4.33. The SMILES string of the molecule is NC(=S)c1ccc(S(=O)(=O)NC2CCCOC2)s1. The molecule has 2 heterocycles. The highest BCUT2D eigenvalue weighted by Crippen LogP contribution is 2.22. The normalized spacial score (nSPS) is 20.8. The van der Waals surface area contributed by atoms with Crippen molar-refractivity contribution in [2.24, 2.45) is 5.73 Å². The van der Waals surface area contributed by atoms with Crippen LogP contribution < -0.4 is 10.5 Å².